The minimum absolute atomic E-state index is 0.0950. The number of carbonyl (C=O) groups excluding carboxylic acids is 3. The summed E-state index contributed by atoms with van der Waals surface area (Å²) in [6.45, 7) is 4.73. The Morgan fingerprint density at radius 1 is 0.975 bits per heavy atom. The highest BCUT2D eigenvalue weighted by Crippen LogP contribution is 2.37. The lowest BCUT2D eigenvalue weighted by molar-refractivity contribution is 0.0964. The van der Waals surface area contributed by atoms with Crippen LogP contribution in [0.1, 0.15) is 50.1 Å². The van der Waals surface area contributed by atoms with Crippen molar-refractivity contribution in [2.45, 2.75) is 37.6 Å². The van der Waals surface area contributed by atoms with Crippen LogP contribution in [0.2, 0.25) is 0 Å². The first-order chi connectivity index (χ1) is 19.2. The van der Waals surface area contributed by atoms with Crippen molar-refractivity contribution in [3.8, 4) is 0 Å². The second kappa shape index (κ2) is 11.4. The van der Waals surface area contributed by atoms with Gasteiger partial charge in [-0.1, -0.05) is 25.1 Å². The van der Waals surface area contributed by atoms with Gasteiger partial charge in [-0.3, -0.25) is 24.1 Å². The van der Waals surface area contributed by atoms with Gasteiger partial charge < -0.3 is 10.6 Å². The number of nitrogens with zero attached hydrogens (tertiary/aromatic N) is 2. The predicted molar refractivity (Wildman–Crippen MR) is 155 cm³/mol. The Balaban J connectivity index is 1.39. The smallest absolute Gasteiger partial charge is 0.321 e. The molecule has 5 rings (SSSR count). The first kappa shape index (κ1) is 27.8. The summed E-state index contributed by atoms with van der Waals surface area (Å²) in [6, 6.07) is 12.6. The topological polar surface area (TPSA) is 128 Å². The molecule has 3 N–H and O–H groups in total. The van der Waals surface area contributed by atoms with Gasteiger partial charge >= 0.3 is 6.03 Å². The number of carbonyl (C=O) groups is 3. The molecule has 0 aliphatic carbocycles. The lowest BCUT2D eigenvalue weighted by Gasteiger charge is -2.30. The molecular weight excluding hydrogens is 550 g/mol. The standard InChI is InChI=1S/C28H31N5O5S2/c1-3-32-16-14-21-23(17-32)39-27(24(21)26(35)31-28(36)29-2)30-25(34)19-10-12-20(13-11-19)40(37,38)33-15-6-8-18-7-4-5-9-22(18)33/h4-5,7,9-13H,3,6,8,14-17H2,1-2H3,(H,30,34)(H2,29,31,35,36). The Hall–Kier alpha value is -3.74. The number of urea groups is 1. The van der Waals surface area contributed by atoms with Crippen LogP contribution < -0.4 is 20.3 Å². The number of aryl methyl sites for hydroxylation is 1. The summed E-state index contributed by atoms with van der Waals surface area (Å²) in [6.07, 6.45) is 2.18. The van der Waals surface area contributed by atoms with Gasteiger partial charge in [0.15, 0.2) is 0 Å². The van der Waals surface area contributed by atoms with Crippen molar-refractivity contribution >= 4 is 49.9 Å². The highest BCUT2D eigenvalue weighted by Gasteiger charge is 2.31. The van der Waals surface area contributed by atoms with Crippen molar-refractivity contribution in [3.05, 3.63) is 75.7 Å². The van der Waals surface area contributed by atoms with Crippen molar-refractivity contribution in [1.82, 2.24) is 15.5 Å². The molecule has 4 amide bonds. The molecule has 0 atom stereocenters. The number of fused-ring (bicyclic) bond motifs is 2. The number of likely N-dealkylation sites (N-methyl/N-ethyl adjacent to an activating group) is 1. The normalized spacial score (nSPS) is 15.1. The van der Waals surface area contributed by atoms with Crippen molar-refractivity contribution in [2.24, 2.45) is 0 Å². The van der Waals surface area contributed by atoms with Crippen LogP contribution in [-0.2, 0) is 29.4 Å². The third kappa shape index (κ3) is 5.34. The molecule has 2 aromatic carbocycles. The summed E-state index contributed by atoms with van der Waals surface area (Å²) in [5, 5.41) is 7.87. The third-order valence-electron chi connectivity index (χ3n) is 7.26. The number of hydrogen-bond donors (Lipinski definition) is 3. The fourth-order valence-electron chi connectivity index (χ4n) is 5.11. The fraction of sp³-hybridized carbons (Fsp3) is 0.321. The molecule has 0 spiro atoms. The van der Waals surface area contributed by atoms with Crippen LogP contribution in [0, 0.1) is 0 Å². The lowest BCUT2D eigenvalue weighted by atomic mass is 10.0. The van der Waals surface area contributed by atoms with Crippen LogP contribution >= 0.6 is 11.3 Å². The zero-order valence-corrected chi connectivity index (χ0v) is 24.0. The molecule has 0 saturated carbocycles. The molecule has 12 heteroatoms. The van der Waals surface area contributed by atoms with Crippen LogP contribution in [0.15, 0.2) is 53.4 Å². The SMILES string of the molecule is CCN1CCc2c(sc(NC(=O)c3ccc(S(=O)(=O)N4CCCc5ccccc54)cc3)c2C(=O)NC(=O)NC)C1. The van der Waals surface area contributed by atoms with E-state index in [9.17, 15) is 22.8 Å². The number of para-hydroxylation sites is 1. The summed E-state index contributed by atoms with van der Waals surface area (Å²) in [4.78, 5) is 41.4. The van der Waals surface area contributed by atoms with Gasteiger partial charge in [0, 0.05) is 37.1 Å². The monoisotopic (exact) mass is 581 g/mol. The van der Waals surface area contributed by atoms with Crippen LogP contribution in [0.3, 0.4) is 0 Å². The molecule has 0 radical (unpaired) electrons. The number of rotatable bonds is 6. The Morgan fingerprint density at radius 2 is 1.73 bits per heavy atom. The maximum atomic E-state index is 13.5. The number of anilines is 2. The fourth-order valence-corrected chi connectivity index (χ4v) is 7.94. The molecule has 2 aliphatic heterocycles. The Labute approximate surface area is 237 Å². The number of amides is 4. The molecule has 210 valence electrons. The van der Waals surface area contributed by atoms with Gasteiger partial charge in [-0.25, -0.2) is 13.2 Å². The van der Waals surface area contributed by atoms with Crippen molar-refractivity contribution in [2.75, 3.05) is 36.3 Å². The zero-order chi connectivity index (χ0) is 28.4. The second-order valence-electron chi connectivity index (χ2n) is 9.65. The van der Waals surface area contributed by atoms with Gasteiger partial charge in [-0.15, -0.1) is 11.3 Å². The molecule has 3 heterocycles. The number of nitrogens with one attached hydrogen (secondary N) is 3. The van der Waals surface area contributed by atoms with Gasteiger partial charge in [-0.05, 0) is 67.3 Å². The molecule has 0 bridgehead atoms. The Bertz CT molecular complexity index is 1570. The van der Waals surface area contributed by atoms with Gasteiger partial charge in [0.05, 0.1) is 16.1 Å². The average Bonchev–Trinajstić information content (AvgIpc) is 3.33. The van der Waals surface area contributed by atoms with Crippen LogP contribution in [0.25, 0.3) is 0 Å². The van der Waals surface area contributed by atoms with Crippen LogP contribution in [-0.4, -0.2) is 57.8 Å². The maximum absolute atomic E-state index is 13.5. The molecule has 10 nitrogen and oxygen atoms in total. The van der Waals surface area contributed by atoms with Crippen molar-refractivity contribution < 1.29 is 22.8 Å². The van der Waals surface area contributed by atoms with E-state index in [0.717, 1.165) is 41.9 Å². The van der Waals surface area contributed by atoms with Crippen molar-refractivity contribution in [3.63, 3.8) is 0 Å². The number of benzene rings is 2. The molecule has 1 aromatic heterocycles. The summed E-state index contributed by atoms with van der Waals surface area (Å²) in [5.74, 6) is -1.06. The molecule has 0 fully saturated rings. The predicted octanol–water partition coefficient (Wildman–Crippen LogP) is 3.59. The Kier molecular flexibility index (Phi) is 7.92. The van der Waals surface area contributed by atoms with E-state index in [1.807, 2.05) is 24.3 Å². The van der Waals surface area contributed by atoms with E-state index in [-0.39, 0.29) is 16.0 Å². The average molecular weight is 582 g/mol. The van der Waals surface area contributed by atoms with E-state index in [2.05, 4.69) is 27.8 Å². The van der Waals surface area contributed by atoms with E-state index in [1.165, 1.54) is 47.0 Å². The van der Waals surface area contributed by atoms with Gasteiger partial charge in [-0.2, -0.15) is 0 Å². The molecule has 2 aliphatic rings. The van der Waals surface area contributed by atoms with Gasteiger partial charge in [0.2, 0.25) is 0 Å². The van der Waals surface area contributed by atoms with E-state index >= 15 is 0 Å². The van der Waals surface area contributed by atoms with E-state index < -0.39 is 27.9 Å². The lowest BCUT2D eigenvalue weighted by Crippen LogP contribution is -2.38. The minimum atomic E-state index is -3.81. The molecule has 0 unspecified atom stereocenters. The van der Waals surface area contributed by atoms with Gasteiger partial charge in [0.25, 0.3) is 21.8 Å². The number of thiophene rings is 1. The highest BCUT2D eigenvalue weighted by atomic mass is 32.2. The molecule has 40 heavy (non-hydrogen) atoms. The van der Waals surface area contributed by atoms with Crippen LogP contribution in [0.4, 0.5) is 15.5 Å². The molecule has 3 aromatic rings. The zero-order valence-electron chi connectivity index (χ0n) is 22.3. The van der Waals surface area contributed by atoms with E-state index in [4.69, 9.17) is 0 Å². The molecular formula is C28H31N5O5S2. The summed E-state index contributed by atoms with van der Waals surface area (Å²) >= 11 is 1.32. The summed E-state index contributed by atoms with van der Waals surface area (Å²) < 4.78 is 28.4. The first-order valence-electron chi connectivity index (χ1n) is 13.1. The third-order valence-corrected chi connectivity index (χ3v) is 10.2. The largest absolute Gasteiger partial charge is 0.341 e. The maximum Gasteiger partial charge on any atom is 0.321 e. The van der Waals surface area contributed by atoms with E-state index in [0.29, 0.717) is 30.2 Å². The number of imide groups is 1. The Morgan fingerprint density at radius 3 is 2.45 bits per heavy atom. The quantitative estimate of drug-likeness (QED) is 0.408. The molecule has 0 saturated heterocycles. The number of sulfonamides is 1. The second-order valence-corrected chi connectivity index (χ2v) is 12.6. The van der Waals surface area contributed by atoms with Crippen LogP contribution in [0.5, 0.6) is 0 Å². The summed E-state index contributed by atoms with van der Waals surface area (Å²) in [5.41, 5.74) is 3.04. The highest BCUT2D eigenvalue weighted by molar-refractivity contribution is 7.92. The van der Waals surface area contributed by atoms with E-state index in [1.54, 1.807) is 0 Å². The van der Waals surface area contributed by atoms with Gasteiger partial charge in [0.1, 0.15) is 5.00 Å². The summed E-state index contributed by atoms with van der Waals surface area (Å²) in [7, 11) is -2.39. The van der Waals surface area contributed by atoms with Crippen molar-refractivity contribution in [1.29, 1.82) is 0 Å². The minimum Gasteiger partial charge on any atom is -0.341 e. The number of hydrogen-bond acceptors (Lipinski definition) is 7. The first-order valence-corrected chi connectivity index (χ1v) is 15.4.